The number of rotatable bonds is 7. The third kappa shape index (κ3) is 5.22. The molecule has 152 valence electrons. The van der Waals surface area contributed by atoms with Gasteiger partial charge in [0.2, 0.25) is 5.91 Å². The van der Waals surface area contributed by atoms with Crippen LogP contribution in [0.3, 0.4) is 0 Å². The number of carbonyl (C=O) groups is 3. The summed E-state index contributed by atoms with van der Waals surface area (Å²) in [7, 11) is 0. The van der Waals surface area contributed by atoms with Crippen LogP contribution in [-0.4, -0.2) is 30.9 Å². The summed E-state index contributed by atoms with van der Waals surface area (Å²) in [5, 5.41) is 2.73. The van der Waals surface area contributed by atoms with Crippen molar-refractivity contribution >= 4 is 29.2 Å². The molecule has 1 N–H and O–H groups in total. The highest BCUT2D eigenvalue weighted by atomic mass is 16.5. The normalized spacial score (nSPS) is 14.6. The Morgan fingerprint density at radius 3 is 2.59 bits per heavy atom. The Bertz CT molecular complexity index is 892. The Hall–Kier alpha value is -3.15. The lowest BCUT2D eigenvalue weighted by atomic mass is 9.99. The third-order valence-corrected chi connectivity index (χ3v) is 5.18. The van der Waals surface area contributed by atoms with E-state index in [-0.39, 0.29) is 12.5 Å². The van der Waals surface area contributed by atoms with E-state index in [1.165, 1.54) is 5.56 Å². The highest BCUT2D eigenvalue weighted by molar-refractivity contribution is 5.98. The van der Waals surface area contributed by atoms with Crippen LogP contribution in [0.4, 0.5) is 11.4 Å². The summed E-state index contributed by atoms with van der Waals surface area (Å²) < 4.78 is 5.13. The zero-order valence-corrected chi connectivity index (χ0v) is 16.8. The SMILES string of the molecule is CC[C@H](C)c1ccc(NC(=O)COC(=O)c2cccc(N3CCCC3=O)c2)cc1. The van der Waals surface area contributed by atoms with E-state index in [0.717, 1.165) is 12.8 Å². The maximum atomic E-state index is 12.3. The maximum absolute atomic E-state index is 12.3. The van der Waals surface area contributed by atoms with Crippen molar-refractivity contribution in [2.75, 3.05) is 23.4 Å². The van der Waals surface area contributed by atoms with Crippen molar-refractivity contribution in [2.24, 2.45) is 0 Å². The minimum atomic E-state index is -0.597. The van der Waals surface area contributed by atoms with Gasteiger partial charge in [-0.3, -0.25) is 9.59 Å². The third-order valence-electron chi connectivity index (χ3n) is 5.18. The molecule has 2 aromatic carbocycles. The van der Waals surface area contributed by atoms with Crippen LogP contribution in [0.2, 0.25) is 0 Å². The molecule has 0 spiro atoms. The van der Waals surface area contributed by atoms with Gasteiger partial charge in [0, 0.05) is 24.3 Å². The number of amides is 2. The summed E-state index contributed by atoms with van der Waals surface area (Å²) in [6.07, 6.45) is 2.38. The van der Waals surface area contributed by atoms with Crippen LogP contribution in [0.25, 0.3) is 0 Å². The molecule has 1 saturated heterocycles. The van der Waals surface area contributed by atoms with Gasteiger partial charge in [-0.25, -0.2) is 4.79 Å². The van der Waals surface area contributed by atoms with E-state index >= 15 is 0 Å². The molecule has 0 unspecified atom stereocenters. The van der Waals surface area contributed by atoms with Crippen molar-refractivity contribution in [3.8, 4) is 0 Å². The van der Waals surface area contributed by atoms with Crippen molar-refractivity contribution in [1.29, 1.82) is 0 Å². The molecule has 0 radical (unpaired) electrons. The molecule has 29 heavy (non-hydrogen) atoms. The van der Waals surface area contributed by atoms with Crippen LogP contribution in [0.15, 0.2) is 48.5 Å². The zero-order chi connectivity index (χ0) is 20.8. The maximum Gasteiger partial charge on any atom is 0.338 e. The van der Waals surface area contributed by atoms with E-state index in [4.69, 9.17) is 4.74 Å². The molecule has 2 aromatic rings. The molecule has 3 rings (SSSR count). The molecule has 0 saturated carbocycles. The van der Waals surface area contributed by atoms with Crippen LogP contribution in [-0.2, 0) is 14.3 Å². The number of carbonyl (C=O) groups excluding carboxylic acids is 3. The fraction of sp³-hybridized carbons (Fsp3) is 0.348. The van der Waals surface area contributed by atoms with Crippen LogP contribution < -0.4 is 10.2 Å². The molecule has 0 aromatic heterocycles. The summed E-state index contributed by atoms with van der Waals surface area (Å²) in [4.78, 5) is 37.9. The minimum Gasteiger partial charge on any atom is -0.452 e. The van der Waals surface area contributed by atoms with E-state index in [2.05, 4.69) is 19.2 Å². The first-order chi connectivity index (χ1) is 14.0. The summed E-state index contributed by atoms with van der Waals surface area (Å²) in [6, 6.07) is 14.4. The number of anilines is 2. The van der Waals surface area contributed by atoms with Crippen LogP contribution >= 0.6 is 0 Å². The second-order valence-electron chi connectivity index (χ2n) is 7.25. The highest BCUT2D eigenvalue weighted by Gasteiger charge is 2.22. The molecule has 6 nitrogen and oxygen atoms in total. The lowest BCUT2D eigenvalue weighted by Gasteiger charge is -2.16. The second-order valence-corrected chi connectivity index (χ2v) is 7.25. The quantitative estimate of drug-likeness (QED) is 0.717. The Kier molecular flexibility index (Phi) is 6.65. The van der Waals surface area contributed by atoms with Gasteiger partial charge in [0.15, 0.2) is 6.61 Å². The predicted molar refractivity (Wildman–Crippen MR) is 112 cm³/mol. The van der Waals surface area contributed by atoms with Crippen molar-refractivity contribution in [1.82, 2.24) is 0 Å². The van der Waals surface area contributed by atoms with Gasteiger partial charge < -0.3 is 15.0 Å². The lowest BCUT2D eigenvalue weighted by Crippen LogP contribution is -2.24. The van der Waals surface area contributed by atoms with Crippen molar-refractivity contribution in [2.45, 2.75) is 39.0 Å². The fourth-order valence-electron chi connectivity index (χ4n) is 3.26. The molecule has 6 heteroatoms. The first kappa shape index (κ1) is 20.6. The van der Waals surface area contributed by atoms with Gasteiger partial charge in [-0.15, -0.1) is 0 Å². The molecule has 0 bridgehead atoms. The monoisotopic (exact) mass is 394 g/mol. The minimum absolute atomic E-state index is 0.0502. The molecule has 1 heterocycles. The summed E-state index contributed by atoms with van der Waals surface area (Å²) in [5.74, 6) is -0.483. The Balaban J connectivity index is 1.54. The number of ether oxygens (including phenoxy) is 1. The predicted octanol–water partition coefficient (Wildman–Crippen LogP) is 4.12. The van der Waals surface area contributed by atoms with E-state index in [1.54, 1.807) is 29.2 Å². The molecule has 2 amide bonds. The number of benzene rings is 2. The lowest BCUT2D eigenvalue weighted by molar-refractivity contribution is -0.119. The van der Waals surface area contributed by atoms with Crippen LogP contribution in [0, 0.1) is 0 Å². The first-order valence-corrected chi connectivity index (χ1v) is 9.95. The Morgan fingerprint density at radius 1 is 1.17 bits per heavy atom. The van der Waals surface area contributed by atoms with E-state index in [1.807, 2.05) is 24.3 Å². The van der Waals surface area contributed by atoms with Crippen molar-refractivity contribution < 1.29 is 19.1 Å². The highest BCUT2D eigenvalue weighted by Crippen LogP contribution is 2.23. The van der Waals surface area contributed by atoms with Gasteiger partial charge in [0.1, 0.15) is 0 Å². The van der Waals surface area contributed by atoms with Crippen LogP contribution in [0.5, 0.6) is 0 Å². The molecular formula is C23H26N2O4. The standard InChI is InChI=1S/C23H26N2O4/c1-3-16(2)17-9-11-19(12-10-17)24-21(26)15-29-23(28)18-6-4-7-20(14-18)25-13-5-8-22(25)27/h4,6-7,9-12,14,16H,3,5,8,13,15H2,1-2H3,(H,24,26)/t16-/m0/s1. The second kappa shape index (κ2) is 9.37. The molecule has 1 fully saturated rings. The van der Waals surface area contributed by atoms with E-state index in [0.29, 0.717) is 35.8 Å². The largest absolute Gasteiger partial charge is 0.452 e. The smallest absolute Gasteiger partial charge is 0.338 e. The van der Waals surface area contributed by atoms with Gasteiger partial charge in [-0.05, 0) is 54.7 Å². The van der Waals surface area contributed by atoms with Gasteiger partial charge in [0.25, 0.3) is 5.91 Å². The Labute approximate surface area is 170 Å². The molecule has 1 atom stereocenters. The molecule has 1 aliphatic heterocycles. The number of hydrogen-bond donors (Lipinski definition) is 1. The topological polar surface area (TPSA) is 75.7 Å². The summed E-state index contributed by atoms with van der Waals surface area (Å²) in [6.45, 7) is 4.56. The average molecular weight is 394 g/mol. The first-order valence-electron chi connectivity index (χ1n) is 9.95. The average Bonchev–Trinajstić information content (AvgIpc) is 3.18. The summed E-state index contributed by atoms with van der Waals surface area (Å²) >= 11 is 0. The number of esters is 1. The summed E-state index contributed by atoms with van der Waals surface area (Å²) in [5.41, 5.74) is 2.86. The molecular weight excluding hydrogens is 368 g/mol. The Morgan fingerprint density at radius 2 is 1.93 bits per heavy atom. The van der Waals surface area contributed by atoms with Crippen molar-refractivity contribution in [3.63, 3.8) is 0 Å². The zero-order valence-electron chi connectivity index (χ0n) is 16.8. The number of hydrogen-bond acceptors (Lipinski definition) is 4. The van der Waals surface area contributed by atoms with Crippen LogP contribution in [0.1, 0.15) is 54.9 Å². The van der Waals surface area contributed by atoms with Crippen molar-refractivity contribution in [3.05, 3.63) is 59.7 Å². The molecule has 0 aliphatic carbocycles. The van der Waals surface area contributed by atoms with Gasteiger partial charge >= 0.3 is 5.97 Å². The van der Waals surface area contributed by atoms with Gasteiger partial charge in [0.05, 0.1) is 5.56 Å². The number of nitrogens with zero attached hydrogens (tertiary/aromatic N) is 1. The van der Waals surface area contributed by atoms with E-state index < -0.39 is 11.9 Å². The van der Waals surface area contributed by atoms with E-state index in [9.17, 15) is 14.4 Å². The molecule has 1 aliphatic rings. The van der Waals surface area contributed by atoms with Gasteiger partial charge in [-0.1, -0.05) is 32.0 Å². The number of nitrogens with one attached hydrogen (secondary N) is 1. The van der Waals surface area contributed by atoms with Gasteiger partial charge in [-0.2, -0.15) is 0 Å². The fourth-order valence-corrected chi connectivity index (χ4v) is 3.26.